The van der Waals surface area contributed by atoms with Crippen LogP contribution in [0.1, 0.15) is 26.7 Å². The Balaban J connectivity index is 2.10. The minimum absolute atomic E-state index is 0.00638. The third-order valence-corrected chi connectivity index (χ3v) is 3.77. The topological polar surface area (TPSA) is 58.2 Å². The van der Waals surface area contributed by atoms with Gasteiger partial charge < -0.3 is 10.6 Å². The molecule has 0 saturated heterocycles. The first-order valence-electron chi connectivity index (χ1n) is 6.42. The molecule has 1 aliphatic carbocycles. The second-order valence-electron chi connectivity index (χ2n) is 5.29. The molecule has 0 aromatic heterocycles. The van der Waals surface area contributed by atoms with Crippen LogP contribution in [-0.4, -0.2) is 17.9 Å². The number of rotatable bonds is 4. The summed E-state index contributed by atoms with van der Waals surface area (Å²) in [5.74, 6) is -0.546. The molecule has 2 rings (SSSR count). The van der Waals surface area contributed by atoms with Gasteiger partial charge >= 0.3 is 0 Å². The number of anilines is 1. The maximum Gasteiger partial charge on any atom is 0.240 e. The zero-order chi connectivity index (χ0) is 14.9. The summed E-state index contributed by atoms with van der Waals surface area (Å²) in [7, 11) is 0. The summed E-state index contributed by atoms with van der Waals surface area (Å²) < 4.78 is 0. The van der Waals surface area contributed by atoms with E-state index in [0.717, 1.165) is 0 Å². The van der Waals surface area contributed by atoms with Crippen molar-refractivity contribution < 1.29 is 9.59 Å². The summed E-state index contributed by atoms with van der Waals surface area (Å²) in [6.45, 7) is 3.73. The van der Waals surface area contributed by atoms with Crippen molar-refractivity contribution in [3.05, 3.63) is 28.2 Å². The van der Waals surface area contributed by atoms with Crippen molar-refractivity contribution in [2.75, 3.05) is 5.32 Å². The molecule has 1 saturated carbocycles. The Morgan fingerprint density at radius 2 is 1.85 bits per heavy atom. The number of hydrogen-bond donors (Lipinski definition) is 2. The van der Waals surface area contributed by atoms with Crippen LogP contribution in [0.3, 0.4) is 0 Å². The number of amides is 2. The number of benzene rings is 1. The van der Waals surface area contributed by atoms with Crippen molar-refractivity contribution in [2.24, 2.45) is 5.41 Å². The summed E-state index contributed by atoms with van der Waals surface area (Å²) >= 11 is 11.8. The van der Waals surface area contributed by atoms with Crippen LogP contribution in [0.4, 0.5) is 5.69 Å². The summed E-state index contributed by atoms with van der Waals surface area (Å²) in [5, 5.41) is 6.33. The molecule has 1 aromatic carbocycles. The minimum Gasteiger partial charge on any atom is -0.353 e. The van der Waals surface area contributed by atoms with Gasteiger partial charge in [-0.25, -0.2) is 0 Å². The highest BCUT2D eigenvalue weighted by Gasteiger charge is 2.56. The fourth-order valence-electron chi connectivity index (χ4n) is 1.92. The van der Waals surface area contributed by atoms with Gasteiger partial charge in [-0.3, -0.25) is 9.59 Å². The summed E-state index contributed by atoms with van der Waals surface area (Å²) in [5.41, 5.74) is -0.488. The quantitative estimate of drug-likeness (QED) is 0.838. The first kappa shape index (κ1) is 15.1. The van der Waals surface area contributed by atoms with Gasteiger partial charge in [0.15, 0.2) is 0 Å². The van der Waals surface area contributed by atoms with Gasteiger partial charge in [0, 0.05) is 11.1 Å². The zero-order valence-corrected chi connectivity index (χ0v) is 12.8. The van der Waals surface area contributed by atoms with Gasteiger partial charge in [-0.15, -0.1) is 0 Å². The molecule has 0 bridgehead atoms. The second kappa shape index (κ2) is 5.62. The maximum absolute atomic E-state index is 12.3. The van der Waals surface area contributed by atoms with E-state index in [2.05, 4.69) is 10.6 Å². The second-order valence-corrected chi connectivity index (χ2v) is 6.13. The minimum atomic E-state index is -0.951. The van der Waals surface area contributed by atoms with E-state index in [9.17, 15) is 9.59 Å². The van der Waals surface area contributed by atoms with Crippen LogP contribution < -0.4 is 10.6 Å². The number of carbonyl (C=O) groups is 2. The van der Waals surface area contributed by atoms with Gasteiger partial charge in [0.1, 0.15) is 5.41 Å². The van der Waals surface area contributed by atoms with Gasteiger partial charge in [0.05, 0.1) is 10.7 Å². The third-order valence-electron chi connectivity index (χ3n) is 3.22. The van der Waals surface area contributed by atoms with Gasteiger partial charge in [0.2, 0.25) is 11.8 Å². The van der Waals surface area contributed by atoms with Crippen molar-refractivity contribution >= 4 is 40.7 Å². The summed E-state index contributed by atoms with van der Waals surface area (Å²) in [6.07, 6.45) is 1.12. The highest BCUT2D eigenvalue weighted by atomic mass is 35.5. The number of nitrogens with one attached hydrogen (secondary N) is 2. The van der Waals surface area contributed by atoms with Crippen molar-refractivity contribution in [2.45, 2.75) is 32.7 Å². The number of hydrogen-bond acceptors (Lipinski definition) is 2. The van der Waals surface area contributed by atoms with Crippen LogP contribution in [0.15, 0.2) is 18.2 Å². The van der Waals surface area contributed by atoms with Gasteiger partial charge in [-0.2, -0.15) is 0 Å². The highest BCUT2D eigenvalue weighted by molar-refractivity contribution is 6.36. The van der Waals surface area contributed by atoms with E-state index in [-0.39, 0.29) is 17.9 Å². The average Bonchev–Trinajstić information content (AvgIpc) is 3.13. The van der Waals surface area contributed by atoms with Gasteiger partial charge in [-0.1, -0.05) is 23.2 Å². The zero-order valence-electron chi connectivity index (χ0n) is 11.3. The molecular formula is C14H16Cl2N2O2. The van der Waals surface area contributed by atoms with Crippen LogP contribution >= 0.6 is 23.2 Å². The monoisotopic (exact) mass is 314 g/mol. The van der Waals surface area contributed by atoms with E-state index in [4.69, 9.17) is 23.2 Å². The first-order chi connectivity index (χ1) is 9.35. The summed E-state index contributed by atoms with van der Waals surface area (Å²) in [6, 6.07) is 4.81. The van der Waals surface area contributed by atoms with E-state index in [1.165, 1.54) is 0 Å². The molecule has 0 spiro atoms. The van der Waals surface area contributed by atoms with Crippen LogP contribution in [0.2, 0.25) is 10.0 Å². The smallest absolute Gasteiger partial charge is 0.240 e. The first-order valence-corrected chi connectivity index (χ1v) is 7.18. The average molecular weight is 315 g/mol. The predicted octanol–water partition coefficient (Wildman–Crippen LogP) is 3.24. The molecule has 0 atom stereocenters. The lowest BCUT2D eigenvalue weighted by atomic mass is 10.0. The Morgan fingerprint density at radius 1 is 1.20 bits per heavy atom. The van der Waals surface area contributed by atoms with E-state index in [0.29, 0.717) is 28.6 Å². The molecule has 2 amide bonds. The van der Waals surface area contributed by atoms with Crippen LogP contribution in [-0.2, 0) is 9.59 Å². The standard InChI is InChI=1S/C14H16Cl2N2O2/c1-8(2)17-12(19)14(5-6-14)13(20)18-11-4-3-9(15)7-10(11)16/h3-4,7-8H,5-6H2,1-2H3,(H,17,19)(H,18,20). The molecule has 4 nitrogen and oxygen atoms in total. The van der Waals surface area contributed by atoms with Crippen molar-refractivity contribution in [3.8, 4) is 0 Å². The normalized spacial score (nSPS) is 15.8. The van der Waals surface area contributed by atoms with Crippen molar-refractivity contribution in [1.29, 1.82) is 0 Å². The lowest BCUT2D eigenvalue weighted by Crippen LogP contribution is -2.42. The van der Waals surface area contributed by atoms with Gasteiger partial charge in [-0.05, 0) is 44.9 Å². The molecule has 1 fully saturated rings. The molecule has 0 radical (unpaired) electrons. The Hall–Kier alpha value is -1.26. The molecule has 0 aliphatic heterocycles. The third kappa shape index (κ3) is 3.07. The molecule has 6 heteroatoms. The number of carbonyl (C=O) groups excluding carboxylic acids is 2. The van der Waals surface area contributed by atoms with E-state index in [1.807, 2.05) is 13.8 Å². The Labute approximate surface area is 127 Å². The number of halogens is 2. The Kier molecular flexibility index (Phi) is 4.25. The lowest BCUT2D eigenvalue weighted by Gasteiger charge is -2.17. The fourth-order valence-corrected chi connectivity index (χ4v) is 2.37. The van der Waals surface area contributed by atoms with Crippen LogP contribution in [0, 0.1) is 5.41 Å². The molecule has 1 aromatic rings. The van der Waals surface area contributed by atoms with Crippen LogP contribution in [0.25, 0.3) is 0 Å². The maximum atomic E-state index is 12.3. The van der Waals surface area contributed by atoms with Crippen LogP contribution in [0.5, 0.6) is 0 Å². The largest absolute Gasteiger partial charge is 0.353 e. The van der Waals surface area contributed by atoms with Crippen molar-refractivity contribution in [3.63, 3.8) is 0 Å². The molecular weight excluding hydrogens is 299 g/mol. The molecule has 0 unspecified atom stereocenters. The predicted molar refractivity (Wildman–Crippen MR) is 80.0 cm³/mol. The van der Waals surface area contributed by atoms with Crippen molar-refractivity contribution in [1.82, 2.24) is 5.32 Å². The molecule has 20 heavy (non-hydrogen) atoms. The molecule has 0 heterocycles. The van der Waals surface area contributed by atoms with E-state index in [1.54, 1.807) is 18.2 Å². The fraction of sp³-hybridized carbons (Fsp3) is 0.429. The summed E-state index contributed by atoms with van der Waals surface area (Å²) in [4.78, 5) is 24.4. The van der Waals surface area contributed by atoms with E-state index < -0.39 is 5.41 Å². The lowest BCUT2D eigenvalue weighted by molar-refractivity contribution is -0.134. The Morgan fingerprint density at radius 3 is 2.35 bits per heavy atom. The molecule has 1 aliphatic rings. The highest BCUT2D eigenvalue weighted by Crippen LogP contribution is 2.47. The Bertz CT molecular complexity index is 554. The SMILES string of the molecule is CC(C)NC(=O)C1(C(=O)Nc2ccc(Cl)cc2Cl)CC1. The van der Waals surface area contributed by atoms with Gasteiger partial charge in [0.25, 0.3) is 0 Å². The molecule has 2 N–H and O–H groups in total. The van der Waals surface area contributed by atoms with E-state index >= 15 is 0 Å². The molecule has 108 valence electrons.